The standard InChI is InChI=1S/C21H21BrClN5S/c1-27(14-15-6-4-11-29-15)10-5-9-24-20-12-19(16-7-2-3-8-18(16)23)26-21-17(22)13-25-28(20)21/h2-4,6-8,11-13,24H,5,9-10,14H2,1H3. The highest BCUT2D eigenvalue weighted by Gasteiger charge is 2.13. The first-order chi connectivity index (χ1) is 14.1. The van der Waals surface area contributed by atoms with E-state index < -0.39 is 0 Å². The van der Waals surface area contributed by atoms with E-state index in [-0.39, 0.29) is 0 Å². The van der Waals surface area contributed by atoms with Gasteiger partial charge in [0.15, 0.2) is 5.65 Å². The van der Waals surface area contributed by atoms with E-state index in [0.717, 1.165) is 53.3 Å². The molecule has 0 radical (unpaired) electrons. The van der Waals surface area contributed by atoms with Gasteiger partial charge in [-0.1, -0.05) is 35.9 Å². The van der Waals surface area contributed by atoms with Crippen molar-refractivity contribution in [2.24, 2.45) is 0 Å². The topological polar surface area (TPSA) is 45.5 Å². The van der Waals surface area contributed by atoms with Gasteiger partial charge in [-0.3, -0.25) is 0 Å². The van der Waals surface area contributed by atoms with Crippen LogP contribution >= 0.6 is 38.9 Å². The van der Waals surface area contributed by atoms with Crippen LogP contribution in [-0.4, -0.2) is 39.6 Å². The van der Waals surface area contributed by atoms with Crippen molar-refractivity contribution in [3.8, 4) is 11.3 Å². The van der Waals surface area contributed by atoms with Gasteiger partial charge < -0.3 is 10.2 Å². The highest BCUT2D eigenvalue weighted by atomic mass is 79.9. The second-order valence-electron chi connectivity index (χ2n) is 6.83. The Hall–Kier alpha value is -1.93. The highest BCUT2D eigenvalue weighted by molar-refractivity contribution is 9.10. The molecule has 0 unspecified atom stereocenters. The predicted octanol–water partition coefficient (Wildman–Crippen LogP) is 5.81. The summed E-state index contributed by atoms with van der Waals surface area (Å²) in [5.74, 6) is 0.900. The monoisotopic (exact) mass is 489 g/mol. The van der Waals surface area contributed by atoms with E-state index in [2.05, 4.69) is 55.8 Å². The van der Waals surface area contributed by atoms with Crippen LogP contribution in [0.1, 0.15) is 11.3 Å². The number of nitrogens with zero attached hydrogens (tertiary/aromatic N) is 4. The third kappa shape index (κ3) is 4.80. The number of halogens is 2. The van der Waals surface area contributed by atoms with Crippen LogP contribution in [-0.2, 0) is 6.54 Å². The maximum atomic E-state index is 6.40. The molecule has 0 aliphatic heterocycles. The number of nitrogens with one attached hydrogen (secondary N) is 1. The van der Waals surface area contributed by atoms with E-state index in [9.17, 15) is 0 Å². The number of benzene rings is 1. The van der Waals surface area contributed by atoms with E-state index in [4.69, 9.17) is 16.6 Å². The Morgan fingerprint density at radius 2 is 2.10 bits per heavy atom. The molecule has 4 rings (SSSR count). The van der Waals surface area contributed by atoms with Crippen LogP contribution in [0.5, 0.6) is 0 Å². The average Bonchev–Trinajstić information content (AvgIpc) is 3.35. The molecule has 1 N–H and O–H groups in total. The van der Waals surface area contributed by atoms with Crippen molar-refractivity contribution in [3.05, 3.63) is 68.4 Å². The second kappa shape index (κ2) is 9.26. The molecular weight excluding hydrogens is 470 g/mol. The molecule has 3 aromatic heterocycles. The molecular formula is C21H21BrClN5S. The third-order valence-electron chi connectivity index (χ3n) is 4.61. The van der Waals surface area contributed by atoms with Gasteiger partial charge in [-0.05, 0) is 53.5 Å². The first kappa shape index (κ1) is 20.3. The van der Waals surface area contributed by atoms with Crippen molar-refractivity contribution in [1.82, 2.24) is 19.5 Å². The summed E-state index contributed by atoms with van der Waals surface area (Å²) in [5, 5.41) is 10.8. The normalized spacial score (nSPS) is 11.4. The molecule has 3 heterocycles. The van der Waals surface area contributed by atoms with Crippen molar-refractivity contribution in [3.63, 3.8) is 0 Å². The molecule has 0 atom stereocenters. The van der Waals surface area contributed by atoms with E-state index in [1.165, 1.54) is 4.88 Å². The van der Waals surface area contributed by atoms with Crippen LogP contribution in [0, 0.1) is 0 Å². The molecule has 0 fully saturated rings. The Balaban J connectivity index is 1.47. The predicted molar refractivity (Wildman–Crippen MR) is 125 cm³/mol. The molecule has 1 aromatic carbocycles. The summed E-state index contributed by atoms with van der Waals surface area (Å²) >= 11 is 11.7. The summed E-state index contributed by atoms with van der Waals surface area (Å²) in [7, 11) is 2.16. The SMILES string of the molecule is CN(CCCNc1cc(-c2ccccc2Cl)nc2c(Br)cnn12)Cc1cccs1. The first-order valence-electron chi connectivity index (χ1n) is 9.36. The number of anilines is 1. The minimum atomic E-state index is 0.682. The highest BCUT2D eigenvalue weighted by Crippen LogP contribution is 2.30. The molecule has 0 amide bonds. The zero-order valence-electron chi connectivity index (χ0n) is 16.0. The van der Waals surface area contributed by atoms with E-state index in [1.54, 1.807) is 17.5 Å². The van der Waals surface area contributed by atoms with Crippen LogP contribution in [0.2, 0.25) is 5.02 Å². The number of fused-ring (bicyclic) bond motifs is 1. The van der Waals surface area contributed by atoms with Gasteiger partial charge in [0, 0.05) is 34.6 Å². The summed E-state index contributed by atoms with van der Waals surface area (Å²) in [4.78, 5) is 8.48. The van der Waals surface area contributed by atoms with Gasteiger partial charge in [-0.2, -0.15) is 9.61 Å². The van der Waals surface area contributed by atoms with Crippen LogP contribution in [0.4, 0.5) is 5.82 Å². The lowest BCUT2D eigenvalue weighted by atomic mass is 10.1. The lowest BCUT2D eigenvalue weighted by Gasteiger charge is -2.16. The molecule has 0 aliphatic rings. The number of hydrogen-bond acceptors (Lipinski definition) is 5. The summed E-state index contributed by atoms with van der Waals surface area (Å²) in [6.45, 7) is 2.84. The van der Waals surface area contributed by atoms with E-state index >= 15 is 0 Å². The second-order valence-corrected chi connectivity index (χ2v) is 9.13. The Bertz CT molecular complexity index is 1100. The average molecular weight is 491 g/mol. The maximum absolute atomic E-state index is 6.40. The fourth-order valence-electron chi connectivity index (χ4n) is 3.18. The first-order valence-corrected chi connectivity index (χ1v) is 11.4. The molecule has 0 bridgehead atoms. The molecule has 150 valence electrons. The molecule has 4 aromatic rings. The quantitative estimate of drug-likeness (QED) is 0.317. The van der Waals surface area contributed by atoms with Gasteiger partial charge in [0.05, 0.1) is 16.4 Å². The summed E-state index contributed by atoms with van der Waals surface area (Å²) in [6.07, 6.45) is 2.79. The lowest BCUT2D eigenvalue weighted by Crippen LogP contribution is -2.21. The van der Waals surface area contributed by atoms with Gasteiger partial charge in [0.2, 0.25) is 0 Å². The molecule has 0 saturated carbocycles. The van der Waals surface area contributed by atoms with Crippen molar-refractivity contribution >= 4 is 50.3 Å². The zero-order chi connectivity index (χ0) is 20.2. The minimum Gasteiger partial charge on any atom is -0.370 e. The van der Waals surface area contributed by atoms with Gasteiger partial charge >= 0.3 is 0 Å². The summed E-state index contributed by atoms with van der Waals surface area (Å²) in [5.41, 5.74) is 2.49. The molecule has 0 aliphatic carbocycles. The molecule has 29 heavy (non-hydrogen) atoms. The Morgan fingerprint density at radius 3 is 2.90 bits per heavy atom. The Kier molecular flexibility index (Phi) is 6.50. The zero-order valence-corrected chi connectivity index (χ0v) is 19.1. The molecule has 5 nitrogen and oxygen atoms in total. The molecule has 8 heteroatoms. The fourth-order valence-corrected chi connectivity index (χ4v) is 4.55. The number of thiophene rings is 1. The van der Waals surface area contributed by atoms with Crippen molar-refractivity contribution in [2.75, 3.05) is 25.5 Å². The maximum Gasteiger partial charge on any atom is 0.172 e. The van der Waals surface area contributed by atoms with Crippen molar-refractivity contribution in [1.29, 1.82) is 0 Å². The van der Waals surface area contributed by atoms with Crippen molar-refractivity contribution in [2.45, 2.75) is 13.0 Å². The van der Waals surface area contributed by atoms with Crippen LogP contribution in [0.3, 0.4) is 0 Å². The number of hydrogen-bond donors (Lipinski definition) is 1. The molecule has 0 saturated heterocycles. The lowest BCUT2D eigenvalue weighted by molar-refractivity contribution is 0.328. The van der Waals surface area contributed by atoms with Gasteiger partial charge in [0.1, 0.15) is 5.82 Å². The number of aromatic nitrogens is 3. The largest absolute Gasteiger partial charge is 0.370 e. The van der Waals surface area contributed by atoms with Gasteiger partial charge in [-0.25, -0.2) is 4.98 Å². The summed E-state index contributed by atoms with van der Waals surface area (Å²) < 4.78 is 2.67. The number of rotatable bonds is 8. The van der Waals surface area contributed by atoms with E-state index in [1.807, 2.05) is 34.8 Å². The van der Waals surface area contributed by atoms with Gasteiger partial charge in [-0.15, -0.1) is 11.3 Å². The van der Waals surface area contributed by atoms with Gasteiger partial charge in [0.25, 0.3) is 0 Å². The van der Waals surface area contributed by atoms with Crippen LogP contribution in [0.25, 0.3) is 16.9 Å². The fraction of sp³-hybridized carbons (Fsp3) is 0.238. The molecule has 0 spiro atoms. The Labute approximate surface area is 187 Å². The van der Waals surface area contributed by atoms with Crippen molar-refractivity contribution < 1.29 is 0 Å². The van der Waals surface area contributed by atoms with E-state index in [0.29, 0.717) is 5.02 Å². The van der Waals surface area contributed by atoms with Crippen LogP contribution in [0.15, 0.2) is 58.5 Å². The smallest absolute Gasteiger partial charge is 0.172 e. The summed E-state index contributed by atoms with van der Waals surface area (Å²) in [6, 6.07) is 14.0. The third-order valence-corrected chi connectivity index (χ3v) is 6.36. The minimum absolute atomic E-state index is 0.682. The van der Waals surface area contributed by atoms with Crippen LogP contribution < -0.4 is 5.32 Å². The Morgan fingerprint density at radius 1 is 1.24 bits per heavy atom.